The summed E-state index contributed by atoms with van der Waals surface area (Å²) in [6.45, 7) is -0.298. The molecule has 76 valence electrons. The predicted octanol–water partition coefficient (Wildman–Crippen LogP) is -1.10. The van der Waals surface area contributed by atoms with Gasteiger partial charge in [0.15, 0.2) is 12.3 Å². The highest BCUT2D eigenvalue weighted by Crippen LogP contribution is 2.36. The zero-order valence-corrected chi connectivity index (χ0v) is 7.21. The van der Waals surface area contributed by atoms with Crippen LogP contribution in [0.4, 0.5) is 0 Å². The first-order valence-electron chi connectivity index (χ1n) is 4.16. The van der Waals surface area contributed by atoms with Crippen molar-refractivity contribution in [1.29, 1.82) is 0 Å². The highest BCUT2D eigenvalue weighted by Gasteiger charge is 2.53. The Morgan fingerprint density at radius 1 is 1.71 bits per heavy atom. The molecule has 0 aliphatic carbocycles. The number of carboxylic acid groups (broad SMARTS) is 1. The summed E-state index contributed by atoms with van der Waals surface area (Å²) in [6.07, 6.45) is 1.03. The van der Waals surface area contributed by atoms with Crippen molar-refractivity contribution in [3.05, 3.63) is 11.8 Å². The van der Waals surface area contributed by atoms with Gasteiger partial charge in [-0.2, -0.15) is 0 Å². The van der Waals surface area contributed by atoms with Crippen LogP contribution in [0.5, 0.6) is 0 Å². The first-order chi connectivity index (χ1) is 6.65. The van der Waals surface area contributed by atoms with E-state index in [1.807, 2.05) is 0 Å². The number of rotatable bonds is 2. The van der Waals surface area contributed by atoms with Crippen molar-refractivity contribution in [1.82, 2.24) is 4.90 Å². The molecule has 1 amide bonds. The van der Waals surface area contributed by atoms with Gasteiger partial charge in [0.25, 0.3) is 0 Å². The van der Waals surface area contributed by atoms with Gasteiger partial charge in [0, 0.05) is 0 Å². The van der Waals surface area contributed by atoms with E-state index >= 15 is 0 Å². The molecule has 2 aliphatic heterocycles. The smallest absolute Gasteiger partial charge is 0.334 e. The topological polar surface area (TPSA) is 87.1 Å². The fourth-order valence-corrected chi connectivity index (χ4v) is 1.66. The Morgan fingerprint density at radius 3 is 2.93 bits per heavy atom. The molecule has 2 atom stereocenters. The summed E-state index contributed by atoms with van der Waals surface area (Å²) < 4.78 is 5.17. The number of aliphatic carboxylic acids is 1. The average molecular weight is 199 g/mol. The number of aliphatic hydroxyl groups excluding tert-OH is 1. The molecule has 2 rings (SSSR count). The Morgan fingerprint density at radius 2 is 2.43 bits per heavy atom. The van der Waals surface area contributed by atoms with E-state index in [0.29, 0.717) is 0 Å². The number of hydrogen-bond donors (Lipinski definition) is 2. The summed E-state index contributed by atoms with van der Waals surface area (Å²) in [5, 5.41) is 17.5. The van der Waals surface area contributed by atoms with Crippen LogP contribution in [0, 0.1) is 0 Å². The number of fused-ring (bicyclic) bond motifs is 1. The maximum absolute atomic E-state index is 11.1. The zero-order chi connectivity index (χ0) is 10.3. The molecule has 2 saturated heterocycles. The predicted molar refractivity (Wildman–Crippen MR) is 42.9 cm³/mol. The lowest BCUT2D eigenvalue weighted by molar-refractivity contribution is -0.163. The number of carbonyl (C=O) groups is 2. The van der Waals surface area contributed by atoms with Gasteiger partial charge in [0.2, 0.25) is 5.91 Å². The van der Waals surface area contributed by atoms with E-state index in [2.05, 4.69) is 0 Å². The molecule has 0 bridgehead atoms. The summed E-state index contributed by atoms with van der Waals surface area (Å²) >= 11 is 0. The molecule has 1 unspecified atom stereocenters. The molecule has 2 aliphatic rings. The number of ether oxygens (including phenoxy) is 1. The average Bonchev–Trinajstić information content (AvgIpc) is 2.39. The van der Waals surface area contributed by atoms with Gasteiger partial charge in [-0.25, -0.2) is 4.79 Å². The lowest BCUT2D eigenvalue weighted by Gasteiger charge is -2.33. The van der Waals surface area contributed by atoms with Crippen molar-refractivity contribution < 1.29 is 24.5 Å². The minimum atomic E-state index is -1.14. The van der Waals surface area contributed by atoms with Crippen LogP contribution >= 0.6 is 0 Å². The lowest BCUT2D eigenvalue weighted by Crippen LogP contribution is -2.54. The number of aliphatic hydroxyl groups is 1. The van der Waals surface area contributed by atoms with Gasteiger partial charge in [0.05, 0.1) is 13.0 Å². The number of carboxylic acids is 1. The summed E-state index contributed by atoms with van der Waals surface area (Å²) in [5.74, 6) is -1.22. The quantitative estimate of drug-likeness (QED) is 0.551. The molecule has 0 aromatic carbocycles. The summed E-state index contributed by atoms with van der Waals surface area (Å²) in [7, 11) is 0. The highest BCUT2D eigenvalue weighted by molar-refractivity contribution is 5.91. The fraction of sp³-hybridized carbons (Fsp3) is 0.500. The van der Waals surface area contributed by atoms with Crippen LogP contribution in [0.15, 0.2) is 11.8 Å². The molecule has 2 fully saturated rings. The molecule has 2 heterocycles. The van der Waals surface area contributed by atoms with Crippen LogP contribution in [0.3, 0.4) is 0 Å². The van der Waals surface area contributed by atoms with Crippen molar-refractivity contribution in [3.8, 4) is 0 Å². The van der Waals surface area contributed by atoms with Crippen molar-refractivity contribution in [2.45, 2.75) is 18.7 Å². The zero-order valence-electron chi connectivity index (χ0n) is 7.21. The third-order valence-electron chi connectivity index (χ3n) is 2.29. The fourth-order valence-electron chi connectivity index (χ4n) is 1.66. The second-order valence-electron chi connectivity index (χ2n) is 3.11. The number of amides is 1. The van der Waals surface area contributed by atoms with Crippen LogP contribution in [0.2, 0.25) is 0 Å². The normalized spacial score (nSPS) is 32.5. The van der Waals surface area contributed by atoms with Gasteiger partial charge < -0.3 is 14.9 Å². The van der Waals surface area contributed by atoms with Crippen molar-refractivity contribution in [3.63, 3.8) is 0 Å². The Bertz CT molecular complexity index is 324. The minimum Gasteiger partial charge on any atom is -0.479 e. The van der Waals surface area contributed by atoms with E-state index in [9.17, 15) is 9.59 Å². The minimum absolute atomic E-state index is 0.149. The molecule has 2 N–H and O–H groups in total. The number of β-lactam (4-membered cyclic amide) rings is 1. The SMILES string of the molecule is O=C(O)C1/C(=C/CO)O[C@@H]2CC(=O)N12. The van der Waals surface area contributed by atoms with Gasteiger partial charge in [-0.15, -0.1) is 0 Å². The second kappa shape index (κ2) is 2.98. The second-order valence-corrected chi connectivity index (χ2v) is 3.11. The van der Waals surface area contributed by atoms with E-state index in [-0.39, 0.29) is 24.7 Å². The molecule has 6 nitrogen and oxygen atoms in total. The molecular weight excluding hydrogens is 190 g/mol. The van der Waals surface area contributed by atoms with Crippen LogP contribution in [-0.4, -0.2) is 45.9 Å². The maximum atomic E-state index is 11.1. The van der Waals surface area contributed by atoms with E-state index in [0.717, 1.165) is 0 Å². The summed E-state index contributed by atoms with van der Waals surface area (Å²) in [4.78, 5) is 23.1. The van der Waals surface area contributed by atoms with E-state index in [1.54, 1.807) is 0 Å². The Balaban J connectivity index is 2.26. The van der Waals surface area contributed by atoms with Crippen LogP contribution in [0.1, 0.15) is 6.42 Å². The van der Waals surface area contributed by atoms with Crippen LogP contribution in [-0.2, 0) is 14.3 Å². The summed E-state index contributed by atoms with van der Waals surface area (Å²) in [6, 6.07) is -1.06. The molecule has 0 saturated carbocycles. The Hall–Kier alpha value is -1.56. The monoisotopic (exact) mass is 199 g/mol. The van der Waals surface area contributed by atoms with Crippen molar-refractivity contribution in [2.75, 3.05) is 6.61 Å². The van der Waals surface area contributed by atoms with E-state index < -0.39 is 18.2 Å². The molecule has 0 radical (unpaired) electrons. The molecular formula is C8H9NO5. The summed E-state index contributed by atoms with van der Waals surface area (Å²) in [5.41, 5.74) is 0. The molecule has 14 heavy (non-hydrogen) atoms. The molecule has 6 heteroatoms. The maximum Gasteiger partial charge on any atom is 0.334 e. The molecule has 0 aromatic rings. The Labute approximate surface area is 79.4 Å². The standard InChI is InChI=1S/C8H9NO5/c10-2-1-4-7(8(12)13)9-5(11)3-6(9)14-4/h1,6-7,10H,2-3H2,(H,12,13)/b4-1-/t6-,7?/m1/s1. The lowest BCUT2D eigenvalue weighted by atomic mass is 10.1. The number of carbonyl (C=O) groups excluding carboxylic acids is 1. The number of hydrogen-bond acceptors (Lipinski definition) is 4. The van der Waals surface area contributed by atoms with Crippen LogP contribution < -0.4 is 0 Å². The van der Waals surface area contributed by atoms with Gasteiger partial charge >= 0.3 is 5.97 Å². The third kappa shape index (κ3) is 1.07. The highest BCUT2D eigenvalue weighted by atomic mass is 16.5. The molecule has 0 spiro atoms. The Kier molecular flexibility index (Phi) is 1.92. The van der Waals surface area contributed by atoms with Gasteiger partial charge in [-0.05, 0) is 6.08 Å². The van der Waals surface area contributed by atoms with Crippen LogP contribution in [0.25, 0.3) is 0 Å². The van der Waals surface area contributed by atoms with Gasteiger partial charge in [0.1, 0.15) is 5.76 Å². The third-order valence-corrected chi connectivity index (χ3v) is 2.29. The van der Waals surface area contributed by atoms with Crippen molar-refractivity contribution >= 4 is 11.9 Å². The molecule has 0 aromatic heterocycles. The first-order valence-corrected chi connectivity index (χ1v) is 4.16. The van der Waals surface area contributed by atoms with Crippen molar-refractivity contribution in [2.24, 2.45) is 0 Å². The number of nitrogens with zero attached hydrogens (tertiary/aromatic N) is 1. The van der Waals surface area contributed by atoms with E-state index in [1.165, 1.54) is 11.0 Å². The first kappa shape index (κ1) is 9.01. The van der Waals surface area contributed by atoms with E-state index in [4.69, 9.17) is 14.9 Å². The largest absolute Gasteiger partial charge is 0.479 e. The van der Waals surface area contributed by atoms with Gasteiger partial charge in [-0.1, -0.05) is 0 Å². The van der Waals surface area contributed by atoms with Gasteiger partial charge in [-0.3, -0.25) is 9.69 Å².